The van der Waals surface area contributed by atoms with Crippen LogP contribution in [0.3, 0.4) is 0 Å². The molecule has 1 N–H and O–H groups in total. The van der Waals surface area contributed by atoms with Gasteiger partial charge in [-0.2, -0.15) is 9.61 Å². The van der Waals surface area contributed by atoms with Gasteiger partial charge in [0.05, 0.1) is 24.3 Å². The number of ether oxygens (including phenoxy) is 1. The quantitative estimate of drug-likeness (QED) is 0.915. The predicted molar refractivity (Wildman–Crippen MR) is 75.3 cm³/mol. The molecule has 0 radical (unpaired) electrons. The largest absolute Gasteiger partial charge is 0.481 e. The average Bonchev–Trinajstić information content (AvgIpc) is 2.94. The van der Waals surface area contributed by atoms with Gasteiger partial charge in [0, 0.05) is 6.07 Å². The van der Waals surface area contributed by atoms with E-state index in [-0.39, 0.29) is 24.2 Å². The number of carboxylic acids is 1. The molecule has 1 saturated carbocycles. The third-order valence-electron chi connectivity index (χ3n) is 3.73. The van der Waals surface area contributed by atoms with Crippen molar-refractivity contribution in [1.29, 1.82) is 0 Å². The number of aromatic nitrogens is 3. The van der Waals surface area contributed by atoms with Crippen molar-refractivity contribution in [2.45, 2.75) is 38.4 Å². The number of hydrogen-bond acceptors (Lipinski definition) is 6. The summed E-state index contributed by atoms with van der Waals surface area (Å²) in [5.74, 6) is -0.972. The molecule has 2 heterocycles. The van der Waals surface area contributed by atoms with Gasteiger partial charge in [-0.05, 0) is 25.7 Å². The van der Waals surface area contributed by atoms with E-state index in [1.54, 1.807) is 5.51 Å². The smallest absolute Gasteiger partial charge is 0.306 e. The third kappa shape index (κ3) is 3.11. The molecule has 0 spiro atoms. The molecule has 0 bridgehead atoms. The molecule has 1 fully saturated rings. The summed E-state index contributed by atoms with van der Waals surface area (Å²) in [5.41, 5.74) is 1.95. The van der Waals surface area contributed by atoms with Crippen LogP contribution in [0.25, 0.3) is 4.96 Å². The Morgan fingerprint density at radius 3 is 2.90 bits per heavy atom. The van der Waals surface area contributed by atoms with Gasteiger partial charge in [-0.1, -0.05) is 11.3 Å². The zero-order valence-corrected chi connectivity index (χ0v) is 12.1. The van der Waals surface area contributed by atoms with Crippen molar-refractivity contribution in [3.05, 3.63) is 27.6 Å². The van der Waals surface area contributed by atoms with Crippen molar-refractivity contribution in [3.8, 4) is 0 Å². The number of hydrogen-bond donors (Lipinski definition) is 1. The minimum atomic E-state index is -0.723. The fourth-order valence-corrected chi connectivity index (χ4v) is 3.20. The van der Waals surface area contributed by atoms with Crippen molar-refractivity contribution in [2.24, 2.45) is 5.92 Å². The number of carbonyl (C=O) groups is 1. The first-order valence-corrected chi connectivity index (χ1v) is 7.68. The van der Waals surface area contributed by atoms with E-state index >= 15 is 0 Å². The number of nitrogens with zero attached hydrogens (tertiary/aromatic N) is 3. The predicted octanol–water partition coefficient (Wildman–Crippen LogP) is 1.31. The molecule has 21 heavy (non-hydrogen) atoms. The number of carboxylic acid groups (broad SMARTS) is 1. The monoisotopic (exact) mass is 309 g/mol. The van der Waals surface area contributed by atoms with E-state index in [0.717, 1.165) is 12.8 Å². The van der Waals surface area contributed by atoms with Gasteiger partial charge in [0.15, 0.2) is 0 Å². The SMILES string of the molecule is O=C(O)C1CCC(OCc2cc(=O)n3ncsc3n2)CC1. The summed E-state index contributed by atoms with van der Waals surface area (Å²) in [6.45, 7) is 0.270. The summed E-state index contributed by atoms with van der Waals surface area (Å²) >= 11 is 1.30. The molecule has 0 saturated heterocycles. The molecule has 1 aliphatic rings. The molecular formula is C13H15N3O4S. The van der Waals surface area contributed by atoms with Crippen molar-refractivity contribution in [1.82, 2.24) is 14.6 Å². The molecule has 1 aliphatic carbocycles. The highest BCUT2D eigenvalue weighted by Gasteiger charge is 2.26. The molecule has 0 aromatic carbocycles. The molecular weight excluding hydrogens is 294 g/mol. The fraction of sp³-hybridized carbons (Fsp3) is 0.538. The van der Waals surface area contributed by atoms with Crippen LogP contribution in [0.1, 0.15) is 31.4 Å². The minimum Gasteiger partial charge on any atom is -0.481 e. The van der Waals surface area contributed by atoms with E-state index in [1.807, 2.05) is 0 Å². The van der Waals surface area contributed by atoms with Gasteiger partial charge in [0.1, 0.15) is 5.51 Å². The first kappa shape index (κ1) is 14.2. The summed E-state index contributed by atoms with van der Waals surface area (Å²) in [7, 11) is 0. The van der Waals surface area contributed by atoms with Gasteiger partial charge < -0.3 is 9.84 Å². The maximum Gasteiger partial charge on any atom is 0.306 e. The molecule has 7 nitrogen and oxygen atoms in total. The van der Waals surface area contributed by atoms with Crippen molar-refractivity contribution >= 4 is 22.3 Å². The lowest BCUT2D eigenvalue weighted by Crippen LogP contribution is -2.26. The van der Waals surface area contributed by atoms with Crippen LogP contribution in [-0.4, -0.2) is 31.8 Å². The number of fused-ring (bicyclic) bond motifs is 1. The molecule has 0 amide bonds. The van der Waals surface area contributed by atoms with Crippen LogP contribution in [-0.2, 0) is 16.1 Å². The second-order valence-corrected chi connectivity index (χ2v) is 5.95. The van der Waals surface area contributed by atoms with Crippen LogP contribution < -0.4 is 5.56 Å². The topological polar surface area (TPSA) is 93.8 Å². The Morgan fingerprint density at radius 1 is 1.43 bits per heavy atom. The standard InChI is InChI=1S/C13H15N3O4S/c17-11-5-9(15-13-16(11)14-7-21-13)6-20-10-3-1-8(2-4-10)12(18)19/h5,7-8,10H,1-4,6H2,(H,18,19). The van der Waals surface area contributed by atoms with Crippen molar-refractivity contribution in [2.75, 3.05) is 0 Å². The van der Waals surface area contributed by atoms with E-state index in [4.69, 9.17) is 9.84 Å². The molecule has 2 aromatic heterocycles. The molecule has 0 unspecified atom stereocenters. The van der Waals surface area contributed by atoms with Gasteiger partial charge in [-0.3, -0.25) is 9.59 Å². The van der Waals surface area contributed by atoms with Crippen LogP contribution in [0, 0.1) is 5.92 Å². The zero-order chi connectivity index (χ0) is 14.8. The maximum absolute atomic E-state index is 11.8. The molecule has 3 rings (SSSR count). The second kappa shape index (κ2) is 5.90. The lowest BCUT2D eigenvalue weighted by molar-refractivity contribution is -0.143. The van der Waals surface area contributed by atoms with Crippen molar-refractivity contribution in [3.63, 3.8) is 0 Å². The Bertz CT molecular complexity index is 703. The van der Waals surface area contributed by atoms with Crippen LogP contribution in [0.4, 0.5) is 0 Å². The molecule has 0 aliphatic heterocycles. The highest BCUT2D eigenvalue weighted by molar-refractivity contribution is 7.14. The summed E-state index contributed by atoms with van der Waals surface area (Å²) in [5, 5.41) is 12.8. The lowest BCUT2D eigenvalue weighted by atomic mass is 9.87. The highest BCUT2D eigenvalue weighted by atomic mass is 32.1. The Labute approximate surface area is 124 Å². The molecule has 8 heteroatoms. The van der Waals surface area contributed by atoms with E-state index in [0.29, 0.717) is 23.5 Å². The molecule has 112 valence electrons. The fourth-order valence-electron chi connectivity index (χ4n) is 2.55. The Balaban J connectivity index is 1.60. The minimum absolute atomic E-state index is 0.0438. The summed E-state index contributed by atoms with van der Waals surface area (Å²) < 4.78 is 7.01. The van der Waals surface area contributed by atoms with Gasteiger partial charge in [-0.15, -0.1) is 0 Å². The first-order chi connectivity index (χ1) is 10.1. The maximum atomic E-state index is 11.8. The van der Waals surface area contributed by atoms with Crippen LogP contribution >= 0.6 is 11.3 Å². The van der Waals surface area contributed by atoms with Gasteiger partial charge in [-0.25, -0.2) is 4.98 Å². The van der Waals surface area contributed by atoms with Gasteiger partial charge in [0.2, 0.25) is 4.96 Å². The lowest BCUT2D eigenvalue weighted by Gasteiger charge is -2.26. The number of rotatable bonds is 4. The average molecular weight is 309 g/mol. The third-order valence-corrected chi connectivity index (χ3v) is 4.41. The summed E-state index contributed by atoms with van der Waals surface area (Å²) in [6, 6.07) is 1.43. The van der Waals surface area contributed by atoms with E-state index in [9.17, 15) is 9.59 Å². The molecule has 2 aromatic rings. The van der Waals surface area contributed by atoms with Crippen LogP contribution in [0.2, 0.25) is 0 Å². The first-order valence-electron chi connectivity index (χ1n) is 6.80. The summed E-state index contributed by atoms with van der Waals surface area (Å²) in [4.78, 5) is 27.5. The van der Waals surface area contributed by atoms with E-state index < -0.39 is 5.97 Å². The van der Waals surface area contributed by atoms with Crippen LogP contribution in [0.5, 0.6) is 0 Å². The van der Waals surface area contributed by atoms with Crippen molar-refractivity contribution < 1.29 is 14.6 Å². The highest BCUT2D eigenvalue weighted by Crippen LogP contribution is 2.26. The van der Waals surface area contributed by atoms with Gasteiger partial charge >= 0.3 is 5.97 Å². The Hall–Kier alpha value is -1.80. The normalized spacial score (nSPS) is 22.5. The Kier molecular flexibility index (Phi) is 3.98. The van der Waals surface area contributed by atoms with Gasteiger partial charge in [0.25, 0.3) is 5.56 Å². The van der Waals surface area contributed by atoms with E-state index in [1.165, 1.54) is 21.9 Å². The Morgan fingerprint density at radius 2 is 2.19 bits per heavy atom. The number of aliphatic carboxylic acids is 1. The van der Waals surface area contributed by atoms with E-state index in [2.05, 4.69) is 10.1 Å². The second-order valence-electron chi connectivity index (χ2n) is 5.14. The van der Waals surface area contributed by atoms with Crippen LogP contribution in [0.15, 0.2) is 16.4 Å². The summed E-state index contributed by atoms with van der Waals surface area (Å²) in [6.07, 6.45) is 2.80. The zero-order valence-electron chi connectivity index (χ0n) is 11.3. The molecule has 0 atom stereocenters.